The summed E-state index contributed by atoms with van der Waals surface area (Å²) in [5, 5.41) is 2.18. The van der Waals surface area contributed by atoms with E-state index in [4.69, 9.17) is 8.83 Å². The molecule has 0 spiro atoms. The predicted octanol–water partition coefficient (Wildman–Crippen LogP) is 2.91. The van der Waals surface area contributed by atoms with Gasteiger partial charge in [0.25, 0.3) is 5.91 Å². The second-order valence-corrected chi connectivity index (χ2v) is 6.51. The van der Waals surface area contributed by atoms with Crippen molar-refractivity contribution in [3.63, 3.8) is 0 Å². The Balaban J connectivity index is 1.54. The van der Waals surface area contributed by atoms with E-state index in [1.165, 1.54) is 17.6 Å². The number of thiazole rings is 1. The summed E-state index contributed by atoms with van der Waals surface area (Å²) in [6, 6.07) is 6.84. The van der Waals surface area contributed by atoms with Crippen LogP contribution in [0.15, 0.2) is 44.7 Å². The fraction of sp³-hybridized carbons (Fsp3) is 0.278. The van der Waals surface area contributed by atoms with E-state index in [-0.39, 0.29) is 11.5 Å². The Bertz CT molecular complexity index is 896. The van der Waals surface area contributed by atoms with Crippen LogP contribution in [0.2, 0.25) is 0 Å². The third-order valence-corrected chi connectivity index (χ3v) is 4.77. The molecule has 0 aliphatic heterocycles. The summed E-state index contributed by atoms with van der Waals surface area (Å²) in [5.74, 6) is 0.354. The Morgan fingerprint density at radius 2 is 1.93 bits per heavy atom. The lowest BCUT2D eigenvalue weighted by Crippen LogP contribution is -2.41. The molecule has 0 unspecified atom stereocenters. The van der Waals surface area contributed by atoms with Crippen LogP contribution >= 0.6 is 11.3 Å². The molecule has 0 bridgehead atoms. The van der Waals surface area contributed by atoms with Gasteiger partial charge in [-0.1, -0.05) is 13.8 Å². The highest BCUT2D eigenvalue weighted by Crippen LogP contribution is 2.23. The van der Waals surface area contributed by atoms with Crippen LogP contribution in [-0.2, 0) is 6.54 Å². The summed E-state index contributed by atoms with van der Waals surface area (Å²) >= 11 is 1.28. The topological polar surface area (TPSA) is 101 Å². The van der Waals surface area contributed by atoms with Crippen LogP contribution < -0.4 is 10.9 Å². The van der Waals surface area contributed by atoms with Crippen molar-refractivity contribution < 1.29 is 18.4 Å². The van der Waals surface area contributed by atoms with E-state index in [2.05, 4.69) is 34.6 Å². The molecule has 3 aromatic heterocycles. The Kier molecular flexibility index (Phi) is 6.05. The normalized spacial score (nSPS) is 10.9. The van der Waals surface area contributed by atoms with Gasteiger partial charge in [-0.05, 0) is 37.4 Å². The summed E-state index contributed by atoms with van der Waals surface area (Å²) in [6.07, 6.45) is 1.54. The van der Waals surface area contributed by atoms with Crippen molar-refractivity contribution in [3.8, 4) is 10.8 Å². The highest BCUT2D eigenvalue weighted by molar-refractivity contribution is 7.13. The lowest BCUT2D eigenvalue weighted by Gasteiger charge is -2.15. The molecule has 0 fully saturated rings. The van der Waals surface area contributed by atoms with Gasteiger partial charge >= 0.3 is 5.91 Å². The molecule has 27 heavy (non-hydrogen) atoms. The second-order valence-electron chi connectivity index (χ2n) is 5.65. The number of nitrogens with one attached hydrogen (secondary N) is 2. The largest absolute Gasteiger partial charge is 0.462 e. The average molecular weight is 388 g/mol. The minimum Gasteiger partial charge on any atom is -0.462 e. The van der Waals surface area contributed by atoms with Crippen LogP contribution in [-0.4, -0.2) is 34.8 Å². The molecule has 3 heterocycles. The van der Waals surface area contributed by atoms with Crippen molar-refractivity contribution in [1.29, 1.82) is 0 Å². The minimum absolute atomic E-state index is 0.131. The van der Waals surface area contributed by atoms with Gasteiger partial charge in [0.1, 0.15) is 11.5 Å². The molecule has 0 radical (unpaired) electrons. The van der Waals surface area contributed by atoms with Gasteiger partial charge < -0.3 is 8.83 Å². The van der Waals surface area contributed by atoms with Gasteiger partial charge in [0.2, 0.25) is 0 Å². The van der Waals surface area contributed by atoms with Gasteiger partial charge in [-0.3, -0.25) is 25.3 Å². The zero-order valence-electron chi connectivity index (χ0n) is 15.0. The average Bonchev–Trinajstić information content (AvgIpc) is 3.44. The Morgan fingerprint density at radius 1 is 1.15 bits per heavy atom. The van der Waals surface area contributed by atoms with Crippen molar-refractivity contribution in [2.24, 2.45) is 0 Å². The number of aromatic nitrogens is 1. The van der Waals surface area contributed by atoms with E-state index in [0.717, 1.165) is 13.1 Å². The van der Waals surface area contributed by atoms with Crippen molar-refractivity contribution in [2.75, 3.05) is 13.1 Å². The Labute approximate surface area is 160 Å². The van der Waals surface area contributed by atoms with Crippen LogP contribution in [0.3, 0.4) is 0 Å². The Hall–Kier alpha value is -2.91. The number of carbonyl (C=O) groups excluding carboxylic acids is 2. The molecule has 0 saturated carbocycles. The van der Waals surface area contributed by atoms with E-state index >= 15 is 0 Å². The van der Waals surface area contributed by atoms with E-state index in [9.17, 15) is 9.59 Å². The van der Waals surface area contributed by atoms with E-state index in [1.54, 1.807) is 29.6 Å². The first-order valence-corrected chi connectivity index (χ1v) is 9.39. The number of furan rings is 2. The molecule has 0 saturated heterocycles. The van der Waals surface area contributed by atoms with E-state index < -0.39 is 11.8 Å². The van der Waals surface area contributed by atoms with Gasteiger partial charge in [-0.15, -0.1) is 11.3 Å². The molecule has 142 valence electrons. The minimum atomic E-state index is -0.532. The zero-order valence-corrected chi connectivity index (χ0v) is 15.8. The first-order chi connectivity index (χ1) is 13.1. The van der Waals surface area contributed by atoms with Gasteiger partial charge in [0.15, 0.2) is 16.5 Å². The van der Waals surface area contributed by atoms with Gasteiger partial charge in [-0.2, -0.15) is 0 Å². The van der Waals surface area contributed by atoms with Crippen molar-refractivity contribution in [1.82, 2.24) is 20.7 Å². The number of hydrogen-bond acceptors (Lipinski definition) is 7. The van der Waals surface area contributed by atoms with E-state index in [1.807, 2.05) is 0 Å². The third kappa shape index (κ3) is 4.63. The Morgan fingerprint density at radius 3 is 2.63 bits per heavy atom. The molecular weight excluding hydrogens is 368 g/mol. The van der Waals surface area contributed by atoms with Gasteiger partial charge in [0, 0.05) is 5.38 Å². The summed E-state index contributed by atoms with van der Waals surface area (Å²) in [7, 11) is 0. The molecule has 8 nitrogen and oxygen atoms in total. The molecular formula is C18H20N4O4S. The number of nitrogens with zero attached hydrogens (tertiary/aromatic N) is 2. The summed E-state index contributed by atoms with van der Waals surface area (Å²) in [6.45, 7) is 6.53. The second kappa shape index (κ2) is 8.65. The SMILES string of the molecule is CCN(CC)Cc1ccc(C(=O)NNC(=O)c2csc(-c3ccco3)n2)o1. The summed E-state index contributed by atoms with van der Waals surface area (Å²) < 4.78 is 10.8. The molecule has 0 aromatic carbocycles. The quantitative estimate of drug-likeness (QED) is 0.604. The number of hydrazine groups is 1. The number of carbonyl (C=O) groups is 2. The molecule has 0 aliphatic carbocycles. The van der Waals surface area contributed by atoms with Crippen LogP contribution in [0.4, 0.5) is 0 Å². The van der Waals surface area contributed by atoms with Crippen molar-refractivity contribution >= 4 is 23.2 Å². The standard InChI is InChI=1S/C18H20N4O4S/c1-3-22(4-2)10-12-7-8-14(26-12)17(24)21-20-16(23)13-11-27-18(19-13)15-6-5-9-25-15/h5-9,11H,3-4,10H2,1-2H3,(H,20,23)(H,21,24). The molecule has 3 aromatic rings. The third-order valence-electron chi connectivity index (χ3n) is 3.92. The molecule has 0 atom stereocenters. The van der Waals surface area contributed by atoms with Crippen molar-refractivity contribution in [2.45, 2.75) is 20.4 Å². The smallest absolute Gasteiger partial charge is 0.305 e. The van der Waals surface area contributed by atoms with Gasteiger partial charge in [0.05, 0.1) is 12.8 Å². The number of amides is 2. The fourth-order valence-electron chi connectivity index (χ4n) is 2.38. The number of rotatable bonds is 7. The molecule has 9 heteroatoms. The van der Waals surface area contributed by atoms with Crippen molar-refractivity contribution in [3.05, 3.63) is 53.1 Å². The molecule has 3 rings (SSSR count). The van der Waals surface area contributed by atoms with Gasteiger partial charge in [-0.25, -0.2) is 4.98 Å². The molecule has 0 aliphatic rings. The predicted molar refractivity (Wildman–Crippen MR) is 100 cm³/mol. The first-order valence-electron chi connectivity index (χ1n) is 8.51. The highest BCUT2D eigenvalue weighted by atomic mass is 32.1. The maximum Gasteiger partial charge on any atom is 0.305 e. The summed E-state index contributed by atoms with van der Waals surface area (Å²) in [5.41, 5.74) is 4.85. The van der Waals surface area contributed by atoms with E-state index in [0.29, 0.717) is 23.1 Å². The first kappa shape index (κ1) is 18.9. The summed E-state index contributed by atoms with van der Waals surface area (Å²) in [4.78, 5) is 30.6. The maximum atomic E-state index is 12.1. The zero-order chi connectivity index (χ0) is 19.2. The highest BCUT2D eigenvalue weighted by Gasteiger charge is 2.16. The monoisotopic (exact) mass is 388 g/mol. The maximum absolute atomic E-state index is 12.1. The molecule has 2 amide bonds. The van der Waals surface area contributed by atoms with Crippen LogP contribution in [0.5, 0.6) is 0 Å². The number of hydrogen-bond donors (Lipinski definition) is 2. The van der Waals surface area contributed by atoms with Crippen LogP contribution in [0.25, 0.3) is 10.8 Å². The fourth-order valence-corrected chi connectivity index (χ4v) is 3.15. The van der Waals surface area contributed by atoms with Crippen LogP contribution in [0.1, 0.15) is 40.7 Å². The lowest BCUT2D eigenvalue weighted by atomic mass is 10.4. The lowest BCUT2D eigenvalue weighted by molar-refractivity contribution is 0.0827. The molecule has 2 N–H and O–H groups in total. The van der Waals surface area contributed by atoms with Crippen LogP contribution in [0, 0.1) is 0 Å².